The van der Waals surface area contributed by atoms with Gasteiger partial charge in [0.1, 0.15) is 0 Å². The summed E-state index contributed by atoms with van der Waals surface area (Å²) in [5, 5.41) is 18.9. The molecule has 5 heteroatoms. The Kier molecular flexibility index (Phi) is 3.62. The minimum absolute atomic E-state index is 0.215. The largest absolute Gasteiger partial charge is 0.392 e. The number of hydrogen-bond donors (Lipinski definition) is 3. The predicted molar refractivity (Wildman–Crippen MR) is 56.6 cm³/mol. The third-order valence-corrected chi connectivity index (χ3v) is 2.77. The predicted octanol–water partition coefficient (Wildman–Crippen LogP) is 0.987. The molecule has 1 aromatic carbocycles. The van der Waals surface area contributed by atoms with Crippen molar-refractivity contribution in [2.45, 2.75) is 31.0 Å². The number of aliphatic hydroxyl groups excluding tert-OH is 1. The first-order valence-electron chi connectivity index (χ1n) is 4.43. The topological polar surface area (TPSA) is 77.8 Å². The van der Waals surface area contributed by atoms with Crippen LogP contribution in [0.5, 0.6) is 0 Å². The molecule has 1 aromatic rings. The van der Waals surface area contributed by atoms with Crippen LogP contribution >= 0.6 is 0 Å². The SMILES string of the molecule is CC(C)(O)c1ccc(S(=O)O)cc1CO. The van der Waals surface area contributed by atoms with E-state index in [9.17, 15) is 9.32 Å². The van der Waals surface area contributed by atoms with Crippen LogP contribution in [0.15, 0.2) is 23.1 Å². The molecule has 0 heterocycles. The summed E-state index contributed by atoms with van der Waals surface area (Å²) in [6, 6.07) is 4.43. The summed E-state index contributed by atoms with van der Waals surface area (Å²) in [6.45, 7) is 2.92. The van der Waals surface area contributed by atoms with Gasteiger partial charge in [0.2, 0.25) is 0 Å². The van der Waals surface area contributed by atoms with E-state index in [0.717, 1.165) is 0 Å². The van der Waals surface area contributed by atoms with Crippen LogP contribution in [-0.2, 0) is 23.3 Å². The summed E-state index contributed by atoms with van der Waals surface area (Å²) in [6.07, 6.45) is 0. The van der Waals surface area contributed by atoms with Gasteiger partial charge in [-0.3, -0.25) is 0 Å². The van der Waals surface area contributed by atoms with E-state index in [0.29, 0.717) is 11.1 Å². The van der Waals surface area contributed by atoms with E-state index in [1.165, 1.54) is 12.1 Å². The summed E-state index contributed by atoms with van der Waals surface area (Å²) < 4.78 is 19.7. The number of benzene rings is 1. The van der Waals surface area contributed by atoms with E-state index in [4.69, 9.17) is 9.66 Å². The number of hydrogen-bond acceptors (Lipinski definition) is 3. The maximum Gasteiger partial charge on any atom is 0.186 e. The Labute approximate surface area is 90.9 Å². The van der Waals surface area contributed by atoms with Crippen LogP contribution in [0.2, 0.25) is 0 Å². The third-order valence-electron chi connectivity index (χ3n) is 2.11. The average Bonchev–Trinajstić information content (AvgIpc) is 2.15. The minimum atomic E-state index is -2.07. The lowest BCUT2D eigenvalue weighted by Crippen LogP contribution is -2.18. The van der Waals surface area contributed by atoms with Crippen LogP contribution in [0, 0.1) is 0 Å². The summed E-state index contributed by atoms with van der Waals surface area (Å²) >= 11 is -2.07. The Morgan fingerprint density at radius 3 is 2.40 bits per heavy atom. The van der Waals surface area contributed by atoms with Crippen molar-refractivity contribution in [3.63, 3.8) is 0 Å². The highest BCUT2D eigenvalue weighted by molar-refractivity contribution is 7.79. The average molecular weight is 230 g/mol. The Hall–Kier alpha value is -0.750. The van der Waals surface area contributed by atoms with Gasteiger partial charge in [0, 0.05) is 0 Å². The second kappa shape index (κ2) is 4.40. The van der Waals surface area contributed by atoms with Gasteiger partial charge in [0.25, 0.3) is 0 Å². The van der Waals surface area contributed by atoms with Gasteiger partial charge in [-0.15, -0.1) is 0 Å². The van der Waals surface area contributed by atoms with Crippen molar-refractivity contribution in [1.29, 1.82) is 0 Å². The fourth-order valence-corrected chi connectivity index (χ4v) is 1.83. The van der Waals surface area contributed by atoms with Gasteiger partial charge in [-0.1, -0.05) is 6.07 Å². The molecule has 0 aliphatic heterocycles. The van der Waals surface area contributed by atoms with Gasteiger partial charge in [-0.05, 0) is 37.1 Å². The Morgan fingerprint density at radius 1 is 1.40 bits per heavy atom. The molecule has 15 heavy (non-hydrogen) atoms. The van der Waals surface area contributed by atoms with Crippen LogP contribution in [0.25, 0.3) is 0 Å². The molecule has 0 saturated carbocycles. The number of rotatable bonds is 3. The Balaban J connectivity index is 3.27. The molecule has 0 fully saturated rings. The third kappa shape index (κ3) is 2.85. The molecule has 1 atom stereocenters. The van der Waals surface area contributed by atoms with Gasteiger partial charge < -0.3 is 14.8 Å². The highest BCUT2D eigenvalue weighted by atomic mass is 32.2. The zero-order valence-corrected chi connectivity index (χ0v) is 9.41. The molecule has 3 N–H and O–H groups in total. The van der Waals surface area contributed by atoms with E-state index in [1.54, 1.807) is 19.9 Å². The van der Waals surface area contributed by atoms with Gasteiger partial charge in [0.15, 0.2) is 11.1 Å². The molecular formula is C10H14O4S. The van der Waals surface area contributed by atoms with E-state index >= 15 is 0 Å². The van der Waals surface area contributed by atoms with Crippen molar-refractivity contribution in [1.82, 2.24) is 0 Å². The quantitative estimate of drug-likeness (QED) is 0.677. The van der Waals surface area contributed by atoms with Crippen LogP contribution in [-0.4, -0.2) is 19.0 Å². The smallest absolute Gasteiger partial charge is 0.186 e. The zero-order valence-electron chi connectivity index (χ0n) is 8.60. The molecule has 0 amide bonds. The maximum absolute atomic E-state index is 10.8. The molecule has 0 saturated heterocycles. The van der Waals surface area contributed by atoms with E-state index in [-0.39, 0.29) is 11.5 Å². The first-order valence-corrected chi connectivity index (χ1v) is 5.54. The maximum atomic E-state index is 10.8. The lowest BCUT2D eigenvalue weighted by Gasteiger charge is -2.21. The summed E-state index contributed by atoms with van der Waals surface area (Å²) in [5.74, 6) is 0. The fourth-order valence-electron chi connectivity index (χ4n) is 1.41. The van der Waals surface area contributed by atoms with Crippen LogP contribution in [0.1, 0.15) is 25.0 Å². The first kappa shape index (κ1) is 12.3. The molecule has 1 unspecified atom stereocenters. The van der Waals surface area contributed by atoms with Crippen LogP contribution in [0.4, 0.5) is 0 Å². The molecule has 0 bridgehead atoms. The molecule has 0 aromatic heterocycles. The highest BCUT2D eigenvalue weighted by Gasteiger charge is 2.20. The van der Waals surface area contributed by atoms with E-state index < -0.39 is 16.7 Å². The van der Waals surface area contributed by atoms with Crippen LogP contribution in [0.3, 0.4) is 0 Å². The second-order valence-electron chi connectivity index (χ2n) is 3.79. The first-order chi connectivity index (χ1) is 6.86. The monoisotopic (exact) mass is 230 g/mol. The van der Waals surface area contributed by atoms with Gasteiger partial charge in [0.05, 0.1) is 17.1 Å². The standard InChI is InChI=1S/C10H14O4S/c1-10(2,12)9-4-3-8(15(13)14)5-7(9)6-11/h3-5,11-12H,6H2,1-2H3,(H,13,14). The van der Waals surface area contributed by atoms with E-state index in [1.807, 2.05) is 0 Å². The van der Waals surface area contributed by atoms with Crippen molar-refractivity contribution in [3.05, 3.63) is 29.3 Å². The molecule has 0 spiro atoms. The summed E-state index contributed by atoms with van der Waals surface area (Å²) in [7, 11) is 0. The number of aliphatic hydroxyl groups is 2. The Bertz CT molecular complexity index is 381. The normalized spacial score (nSPS) is 13.9. The van der Waals surface area contributed by atoms with Gasteiger partial charge in [-0.2, -0.15) is 0 Å². The molecule has 1 rings (SSSR count). The Morgan fingerprint density at radius 2 is 2.00 bits per heavy atom. The van der Waals surface area contributed by atoms with Gasteiger partial charge in [-0.25, -0.2) is 4.21 Å². The molecule has 0 aliphatic carbocycles. The van der Waals surface area contributed by atoms with Crippen molar-refractivity contribution in [2.24, 2.45) is 0 Å². The molecule has 0 aliphatic rings. The highest BCUT2D eigenvalue weighted by Crippen LogP contribution is 2.25. The summed E-state index contributed by atoms with van der Waals surface area (Å²) in [4.78, 5) is 0.215. The molecule has 84 valence electrons. The fraction of sp³-hybridized carbons (Fsp3) is 0.400. The zero-order chi connectivity index (χ0) is 11.6. The van der Waals surface area contributed by atoms with Crippen molar-refractivity contribution in [3.8, 4) is 0 Å². The second-order valence-corrected chi connectivity index (χ2v) is 4.75. The lowest BCUT2D eigenvalue weighted by molar-refractivity contribution is 0.0759. The van der Waals surface area contributed by atoms with Crippen molar-refractivity contribution >= 4 is 11.1 Å². The van der Waals surface area contributed by atoms with Crippen LogP contribution < -0.4 is 0 Å². The molecule has 0 radical (unpaired) electrons. The van der Waals surface area contributed by atoms with Crippen molar-refractivity contribution in [2.75, 3.05) is 0 Å². The summed E-state index contributed by atoms with van der Waals surface area (Å²) in [5.41, 5.74) is -0.0605. The van der Waals surface area contributed by atoms with Gasteiger partial charge >= 0.3 is 0 Å². The molecular weight excluding hydrogens is 216 g/mol. The van der Waals surface area contributed by atoms with Crippen molar-refractivity contribution < 1.29 is 19.0 Å². The lowest BCUT2D eigenvalue weighted by atomic mass is 9.93. The van der Waals surface area contributed by atoms with E-state index in [2.05, 4.69) is 0 Å². The molecule has 4 nitrogen and oxygen atoms in total. The minimum Gasteiger partial charge on any atom is -0.392 e.